The van der Waals surface area contributed by atoms with Gasteiger partial charge in [-0.05, 0) is 44.6 Å². The number of hydrogen-bond donors (Lipinski definition) is 2. The molecular formula is C17H24N2O4S. The van der Waals surface area contributed by atoms with E-state index in [1.54, 1.807) is 6.07 Å². The largest absolute Gasteiger partial charge is 0.491 e. The smallest absolute Gasteiger partial charge is 0.306 e. The number of amides is 1. The van der Waals surface area contributed by atoms with Crippen LogP contribution in [0.2, 0.25) is 0 Å². The second-order valence-corrected chi connectivity index (χ2v) is 5.83. The lowest BCUT2D eigenvalue weighted by molar-refractivity contribution is -0.144. The Morgan fingerprint density at radius 1 is 1.25 bits per heavy atom. The first-order chi connectivity index (χ1) is 11.4. The SMILES string of the molecule is CCCOC(=O)CCC(=O)NC(=S)Nc1cccc(OC(C)C)c1. The summed E-state index contributed by atoms with van der Waals surface area (Å²) in [5, 5.41) is 5.61. The van der Waals surface area contributed by atoms with Crippen molar-refractivity contribution in [1.29, 1.82) is 0 Å². The maximum atomic E-state index is 11.8. The molecule has 0 unspecified atom stereocenters. The van der Waals surface area contributed by atoms with Crippen molar-refractivity contribution in [2.75, 3.05) is 11.9 Å². The molecule has 0 radical (unpaired) electrons. The number of thiocarbonyl (C=S) groups is 1. The summed E-state index contributed by atoms with van der Waals surface area (Å²) in [6, 6.07) is 7.28. The number of anilines is 1. The van der Waals surface area contributed by atoms with Crippen LogP contribution < -0.4 is 15.4 Å². The van der Waals surface area contributed by atoms with Crippen LogP contribution in [0.3, 0.4) is 0 Å². The predicted octanol–water partition coefficient (Wildman–Crippen LogP) is 3.02. The Labute approximate surface area is 147 Å². The highest BCUT2D eigenvalue weighted by molar-refractivity contribution is 7.80. The number of carbonyl (C=O) groups excluding carboxylic acids is 2. The highest BCUT2D eigenvalue weighted by atomic mass is 32.1. The second-order valence-electron chi connectivity index (χ2n) is 5.42. The molecule has 0 aliphatic carbocycles. The minimum Gasteiger partial charge on any atom is -0.491 e. The number of benzene rings is 1. The maximum Gasteiger partial charge on any atom is 0.306 e. The van der Waals surface area contributed by atoms with Gasteiger partial charge in [0.2, 0.25) is 5.91 Å². The van der Waals surface area contributed by atoms with E-state index in [9.17, 15) is 9.59 Å². The third-order valence-electron chi connectivity index (χ3n) is 2.74. The van der Waals surface area contributed by atoms with Gasteiger partial charge < -0.3 is 20.1 Å². The van der Waals surface area contributed by atoms with E-state index in [2.05, 4.69) is 10.6 Å². The summed E-state index contributed by atoms with van der Waals surface area (Å²) in [4.78, 5) is 23.1. The molecule has 0 aliphatic rings. The molecule has 24 heavy (non-hydrogen) atoms. The quantitative estimate of drug-likeness (QED) is 0.553. The van der Waals surface area contributed by atoms with Gasteiger partial charge in [-0.15, -0.1) is 0 Å². The normalized spacial score (nSPS) is 10.2. The van der Waals surface area contributed by atoms with Crippen LogP contribution in [0.15, 0.2) is 24.3 Å². The summed E-state index contributed by atoms with van der Waals surface area (Å²) in [7, 11) is 0. The molecule has 0 heterocycles. The molecule has 0 atom stereocenters. The standard InChI is InChI=1S/C17H24N2O4S/c1-4-10-22-16(21)9-8-15(20)19-17(24)18-13-6-5-7-14(11-13)23-12(2)3/h5-7,11-12H,4,8-10H2,1-3H3,(H2,18,19,20,24). The lowest BCUT2D eigenvalue weighted by atomic mass is 10.3. The summed E-state index contributed by atoms with van der Waals surface area (Å²) < 4.78 is 10.5. The van der Waals surface area contributed by atoms with Crippen LogP contribution in [-0.4, -0.2) is 29.7 Å². The van der Waals surface area contributed by atoms with Crippen molar-refractivity contribution in [2.45, 2.75) is 46.1 Å². The van der Waals surface area contributed by atoms with Gasteiger partial charge in [-0.25, -0.2) is 0 Å². The minimum absolute atomic E-state index is 0.0286. The molecular weight excluding hydrogens is 328 g/mol. The van der Waals surface area contributed by atoms with E-state index in [1.165, 1.54) is 0 Å². The summed E-state index contributed by atoms with van der Waals surface area (Å²) >= 11 is 5.09. The second kappa shape index (κ2) is 10.6. The van der Waals surface area contributed by atoms with E-state index < -0.39 is 0 Å². The number of rotatable bonds is 8. The monoisotopic (exact) mass is 352 g/mol. The van der Waals surface area contributed by atoms with E-state index in [1.807, 2.05) is 39.0 Å². The topological polar surface area (TPSA) is 76.7 Å². The first kappa shape index (κ1) is 19.9. The Kier molecular flexibility index (Phi) is 8.78. The summed E-state index contributed by atoms with van der Waals surface area (Å²) in [6.07, 6.45) is 0.887. The van der Waals surface area contributed by atoms with E-state index >= 15 is 0 Å². The average molecular weight is 352 g/mol. The Morgan fingerprint density at radius 2 is 2.00 bits per heavy atom. The molecule has 0 aromatic heterocycles. The van der Waals surface area contributed by atoms with E-state index in [0.717, 1.165) is 6.42 Å². The summed E-state index contributed by atoms with van der Waals surface area (Å²) in [5.74, 6) is -0.0113. The van der Waals surface area contributed by atoms with Crippen LogP contribution in [0.5, 0.6) is 5.75 Å². The fraction of sp³-hybridized carbons (Fsp3) is 0.471. The lowest BCUT2D eigenvalue weighted by Gasteiger charge is -2.13. The van der Waals surface area contributed by atoms with Gasteiger partial charge in [0.1, 0.15) is 5.75 Å². The van der Waals surface area contributed by atoms with Gasteiger partial charge in [0.25, 0.3) is 0 Å². The van der Waals surface area contributed by atoms with E-state index in [-0.39, 0.29) is 35.9 Å². The molecule has 0 fully saturated rings. The van der Waals surface area contributed by atoms with Crippen molar-refractivity contribution in [2.24, 2.45) is 0 Å². The molecule has 1 aromatic carbocycles. The van der Waals surface area contributed by atoms with Gasteiger partial charge in [-0.3, -0.25) is 9.59 Å². The van der Waals surface area contributed by atoms with E-state index in [4.69, 9.17) is 21.7 Å². The molecule has 1 amide bonds. The molecule has 1 aromatic rings. The van der Waals surface area contributed by atoms with Crippen molar-refractivity contribution in [1.82, 2.24) is 5.32 Å². The molecule has 0 bridgehead atoms. The number of carbonyl (C=O) groups is 2. The van der Waals surface area contributed by atoms with E-state index in [0.29, 0.717) is 18.0 Å². The Hall–Kier alpha value is -2.15. The highest BCUT2D eigenvalue weighted by Crippen LogP contribution is 2.18. The third-order valence-corrected chi connectivity index (χ3v) is 2.94. The van der Waals surface area contributed by atoms with Crippen molar-refractivity contribution >= 4 is 34.9 Å². The Bertz CT molecular complexity index is 575. The van der Waals surface area contributed by atoms with Crippen LogP contribution in [-0.2, 0) is 14.3 Å². The molecule has 0 spiro atoms. The van der Waals surface area contributed by atoms with Gasteiger partial charge in [0, 0.05) is 18.2 Å². The van der Waals surface area contributed by atoms with Crippen LogP contribution in [0.1, 0.15) is 40.0 Å². The highest BCUT2D eigenvalue weighted by Gasteiger charge is 2.09. The summed E-state index contributed by atoms with van der Waals surface area (Å²) in [6.45, 7) is 6.16. The third kappa shape index (κ3) is 8.47. The Morgan fingerprint density at radius 3 is 2.67 bits per heavy atom. The molecule has 0 saturated heterocycles. The Balaban J connectivity index is 2.40. The van der Waals surface area contributed by atoms with Crippen LogP contribution >= 0.6 is 12.2 Å². The molecule has 6 nitrogen and oxygen atoms in total. The zero-order valence-corrected chi connectivity index (χ0v) is 15.1. The summed E-state index contributed by atoms with van der Waals surface area (Å²) in [5.41, 5.74) is 0.709. The fourth-order valence-electron chi connectivity index (χ4n) is 1.77. The van der Waals surface area contributed by atoms with Crippen LogP contribution in [0.25, 0.3) is 0 Å². The number of hydrogen-bond acceptors (Lipinski definition) is 5. The van der Waals surface area contributed by atoms with Crippen LogP contribution in [0.4, 0.5) is 5.69 Å². The van der Waals surface area contributed by atoms with Crippen LogP contribution in [0, 0.1) is 0 Å². The predicted molar refractivity (Wildman–Crippen MR) is 97.1 cm³/mol. The number of nitrogens with one attached hydrogen (secondary N) is 2. The molecule has 132 valence electrons. The number of ether oxygens (including phenoxy) is 2. The van der Waals surface area contributed by atoms with Gasteiger partial charge >= 0.3 is 5.97 Å². The molecule has 0 saturated carbocycles. The van der Waals surface area contributed by atoms with Gasteiger partial charge in [-0.1, -0.05) is 13.0 Å². The zero-order chi connectivity index (χ0) is 17.9. The molecule has 2 N–H and O–H groups in total. The average Bonchev–Trinajstić information content (AvgIpc) is 2.50. The lowest BCUT2D eigenvalue weighted by Crippen LogP contribution is -2.34. The first-order valence-electron chi connectivity index (χ1n) is 7.94. The zero-order valence-electron chi connectivity index (χ0n) is 14.3. The number of esters is 1. The molecule has 1 rings (SSSR count). The molecule has 7 heteroatoms. The van der Waals surface area contributed by atoms with Crippen molar-refractivity contribution < 1.29 is 19.1 Å². The minimum atomic E-state index is -0.385. The first-order valence-corrected chi connectivity index (χ1v) is 8.34. The molecule has 0 aliphatic heterocycles. The van der Waals surface area contributed by atoms with Crippen molar-refractivity contribution in [3.63, 3.8) is 0 Å². The van der Waals surface area contributed by atoms with Gasteiger partial charge in [0.05, 0.1) is 19.1 Å². The maximum absolute atomic E-state index is 11.8. The van der Waals surface area contributed by atoms with Crippen molar-refractivity contribution in [3.8, 4) is 5.75 Å². The van der Waals surface area contributed by atoms with Crippen molar-refractivity contribution in [3.05, 3.63) is 24.3 Å². The fourth-order valence-corrected chi connectivity index (χ4v) is 2.01. The van der Waals surface area contributed by atoms with Gasteiger partial charge in [0.15, 0.2) is 5.11 Å². The van der Waals surface area contributed by atoms with Gasteiger partial charge in [-0.2, -0.15) is 0 Å².